The third kappa shape index (κ3) is 3.48. The first-order valence-electron chi connectivity index (χ1n) is 7.23. The summed E-state index contributed by atoms with van der Waals surface area (Å²) in [7, 11) is 0. The number of piperazine rings is 1. The molecule has 0 aromatic carbocycles. The molecule has 19 heavy (non-hydrogen) atoms. The molecule has 0 aliphatic carbocycles. The Morgan fingerprint density at radius 3 is 2.68 bits per heavy atom. The number of allylic oxidation sites excluding steroid dienone is 1. The summed E-state index contributed by atoms with van der Waals surface area (Å²) in [5.74, 6) is 0.547. The number of aliphatic hydroxyl groups excluding tert-OH is 1. The van der Waals surface area contributed by atoms with E-state index in [-0.39, 0.29) is 18.6 Å². The highest BCUT2D eigenvalue weighted by atomic mass is 16.5. The molecule has 1 unspecified atom stereocenters. The van der Waals surface area contributed by atoms with Crippen molar-refractivity contribution in [2.75, 3.05) is 39.4 Å². The van der Waals surface area contributed by atoms with Crippen molar-refractivity contribution in [2.45, 2.75) is 32.2 Å². The molecule has 0 aromatic rings. The van der Waals surface area contributed by atoms with Crippen molar-refractivity contribution in [1.82, 2.24) is 9.80 Å². The van der Waals surface area contributed by atoms with E-state index in [0.717, 1.165) is 45.4 Å². The Morgan fingerprint density at radius 2 is 2.16 bits per heavy atom. The van der Waals surface area contributed by atoms with Gasteiger partial charge < -0.3 is 14.7 Å². The summed E-state index contributed by atoms with van der Waals surface area (Å²) in [6.45, 7) is 6.03. The van der Waals surface area contributed by atoms with Gasteiger partial charge in [-0.3, -0.25) is 9.69 Å². The van der Waals surface area contributed by atoms with Crippen molar-refractivity contribution >= 4 is 5.91 Å². The number of nitrogens with zero attached hydrogens (tertiary/aromatic N) is 2. The molecule has 0 spiro atoms. The van der Waals surface area contributed by atoms with Gasteiger partial charge in [0.05, 0.1) is 13.2 Å². The molecule has 108 valence electrons. The second kappa shape index (κ2) is 6.91. The molecule has 1 fully saturated rings. The zero-order valence-corrected chi connectivity index (χ0v) is 11.7. The van der Waals surface area contributed by atoms with Gasteiger partial charge in [0.15, 0.2) is 5.76 Å². The summed E-state index contributed by atoms with van der Waals surface area (Å²) in [5, 5.41) is 9.31. The van der Waals surface area contributed by atoms with Crippen LogP contribution in [0.1, 0.15) is 26.2 Å². The van der Waals surface area contributed by atoms with E-state index >= 15 is 0 Å². The first-order valence-corrected chi connectivity index (χ1v) is 7.23. The van der Waals surface area contributed by atoms with Crippen molar-refractivity contribution < 1.29 is 14.6 Å². The minimum absolute atomic E-state index is 0.0244. The highest BCUT2D eigenvalue weighted by molar-refractivity contribution is 5.91. The van der Waals surface area contributed by atoms with Crippen molar-refractivity contribution in [3.05, 3.63) is 11.8 Å². The predicted molar refractivity (Wildman–Crippen MR) is 72.6 cm³/mol. The largest absolute Gasteiger partial charge is 0.488 e. The van der Waals surface area contributed by atoms with Crippen LogP contribution in [0.2, 0.25) is 0 Å². The normalized spacial score (nSPS) is 22.6. The molecule has 1 saturated heterocycles. The van der Waals surface area contributed by atoms with Gasteiger partial charge in [-0.1, -0.05) is 6.92 Å². The van der Waals surface area contributed by atoms with Crippen LogP contribution in [0.5, 0.6) is 0 Å². The lowest BCUT2D eigenvalue weighted by Gasteiger charge is -2.38. The van der Waals surface area contributed by atoms with E-state index in [2.05, 4.69) is 11.8 Å². The Bertz CT molecular complexity index is 332. The SMILES string of the molecule is CCC(CO)N1CCN(C(=O)C2=CCCCO2)CC1. The Hall–Kier alpha value is -1.07. The van der Waals surface area contributed by atoms with E-state index in [4.69, 9.17) is 4.74 Å². The van der Waals surface area contributed by atoms with Crippen LogP contribution in [-0.2, 0) is 9.53 Å². The van der Waals surface area contributed by atoms with E-state index in [1.165, 1.54) is 0 Å². The van der Waals surface area contributed by atoms with Crippen LogP contribution in [0.25, 0.3) is 0 Å². The molecule has 2 heterocycles. The number of ether oxygens (including phenoxy) is 1. The molecule has 2 aliphatic rings. The summed E-state index contributed by atoms with van der Waals surface area (Å²) in [4.78, 5) is 16.4. The average Bonchev–Trinajstić information content (AvgIpc) is 2.49. The standard InChI is InChI=1S/C14H24N2O3/c1-2-12(11-17)15-6-8-16(9-7-15)14(18)13-5-3-4-10-19-13/h5,12,17H,2-4,6-11H2,1H3. The Balaban J connectivity index is 1.85. The number of amides is 1. The molecule has 1 atom stereocenters. The molecular formula is C14H24N2O3. The van der Waals surface area contributed by atoms with Crippen LogP contribution in [0, 0.1) is 0 Å². The summed E-state index contributed by atoms with van der Waals surface area (Å²) < 4.78 is 5.43. The summed E-state index contributed by atoms with van der Waals surface area (Å²) in [5.41, 5.74) is 0. The first-order chi connectivity index (χ1) is 9.26. The van der Waals surface area contributed by atoms with Crippen LogP contribution in [0.15, 0.2) is 11.8 Å². The maximum atomic E-state index is 12.2. The van der Waals surface area contributed by atoms with Gasteiger partial charge in [-0.05, 0) is 25.3 Å². The predicted octanol–water partition coefficient (Wildman–Crippen LogP) is 0.596. The quantitative estimate of drug-likeness (QED) is 0.811. The van der Waals surface area contributed by atoms with Gasteiger partial charge in [-0.25, -0.2) is 0 Å². The molecule has 0 bridgehead atoms. The van der Waals surface area contributed by atoms with Crippen LogP contribution < -0.4 is 0 Å². The number of rotatable bonds is 4. The smallest absolute Gasteiger partial charge is 0.288 e. The fraction of sp³-hybridized carbons (Fsp3) is 0.786. The minimum Gasteiger partial charge on any atom is -0.488 e. The molecule has 1 amide bonds. The van der Waals surface area contributed by atoms with Crippen LogP contribution in [0.4, 0.5) is 0 Å². The van der Waals surface area contributed by atoms with Crippen LogP contribution in [0.3, 0.4) is 0 Å². The third-order valence-electron chi connectivity index (χ3n) is 3.95. The fourth-order valence-corrected chi connectivity index (χ4v) is 2.66. The van der Waals surface area contributed by atoms with Crippen molar-refractivity contribution in [3.8, 4) is 0 Å². The average molecular weight is 268 g/mol. The number of aliphatic hydroxyl groups is 1. The number of hydrogen-bond donors (Lipinski definition) is 1. The van der Waals surface area contributed by atoms with E-state index in [0.29, 0.717) is 12.4 Å². The van der Waals surface area contributed by atoms with E-state index in [1.54, 1.807) is 0 Å². The maximum absolute atomic E-state index is 12.2. The molecule has 0 aromatic heterocycles. The second-order valence-electron chi connectivity index (χ2n) is 5.13. The topological polar surface area (TPSA) is 53.0 Å². The zero-order chi connectivity index (χ0) is 13.7. The number of carbonyl (C=O) groups excluding carboxylic acids is 1. The van der Waals surface area contributed by atoms with Gasteiger partial charge in [0.1, 0.15) is 0 Å². The highest BCUT2D eigenvalue weighted by Crippen LogP contribution is 2.15. The molecule has 0 saturated carbocycles. The van der Waals surface area contributed by atoms with Crippen LogP contribution in [-0.4, -0.2) is 66.2 Å². The lowest BCUT2D eigenvalue weighted by atomic mass is 10.1. The first kappa shape index (κ1) is 14.3. The molecule has 0 radical (unpaired) electrons. The van der Waals surface area contributed by atoms with E-state index in [1.807, 2.05) is 11.0 Å². The molecule has 5 nitrogen and oxygen atoms in total. The van der Waals surface area contributed by atoms with Gasteiger partial charge in [-0.15, -0.1) is 0 Å². The van der Waals surface area contributed by atoms with E-state index in [9.17, 15) is 9.90 Å². The molecular weight excluding hydrogens is 244 g/mol. The van der Waals surface area contributed by atoms with Gasteiger partial charge in [0, 0.05) is 32.2 Å². The maximum Gasteiger partial charge on any atom is 0.288 e. The van der Waals surface area contributed by atoms with Gasteiger partial charge >= 0.3 is 0 Å². The van der Waals surface area contributed by atoms with Gasteiger partial charge in [0.2, 0.25) is 0 Å². The van der Waals surface area contributed by atoms with Crippen LogP contribution >= 0.6 is 0 Å². The summed E-state index contributed by atoms with van der Waals surface area (Å²) >= 11 is 0. The summed E-state index contributed by atoms with van der Waals surface area (Å²) in [6, 6.07) is 0.224. The fourth-order valence-electron chi connectivity index (χ4n) is 2.66. The molecule has 2 aliphatic heterocycles. The van der Waals surface area contributed by atoms with Gasteiger partial charge in [0.25, 0.3) is 5.91 Å². The van der Waals surface area contributed by atoms with Crippen molar-refractivity contribution in [3.63, 3.8) is 0 Å². The second-order valence-corrected chi connectivity index (χ2v) is 5.13. The monoisotopic (exact) mass is 268 g/mol. The molecule has 2 rings (SSSR count). The zero-order valence-electron chi connectivity index (χ0n) is 11.7. The van der Waals surface area contributed by atoms with E-state index < -0.39 is 0 Å². The Morgan fingerprint density at radius 1 is 1.42 bits per heavy atom. The van der Waals surface area contributed by atoms with Gasteiger partial charge in [-0.2, -0.15) is 0 Å². The van der Waals surface area contributed by atoms with Crippen molar-refractivity contribution in [2.24, 2.45) is 0 Å². The number of carbonyl (C=O) groups is 1. The molecule has 5 heteroatoms. The lowest BCUT2D eigenvalue weighted by molar-refractivity contribution is -0.133. The number of hydrogen-bond acceptors (Lipinski definition) is 4. The highest BCUT2D eigenvalue weighted by Gasteiger charge is 2.27. The Labute approximate surface area is 114 Å². The molecule has 1 N–H and O–H groups in total. The lowest BCUT2D eigenvalue weighted by Crippen LogP contribution is -2.53. The summed E-state index contributed by atoms with van der Waals surface area (Å²) in [6.07, 6.45) is 4.78. The van der Waals surface area contributed by atoms with Crippen molar-refractivity contribution in [1.29, 1.82) is 0 Å². The Kier molecular flexibility index (Phi) is 5.22. The minimum atomic E-state index is 0.0244. The third-order valence-corrected chi connectivity index (χ3v) is 3.95.